The highest BCUT2D eigenvalue weighted by Gasteiger charge is 2.57. The molecule has 2 atom stereocenters. The number of piperidine rings is 5. The van der Waals surface area contributed by atoms with Crippen molar-refractivity contribution in [3.63, 3.8) is 0 Å². The van der Waals surface area contributed by atoms with Gasteiger partial charge in [-0.05, 0) is 152 Å². The number of likely N-dealkylation sites (tertiary alicyclic amines) is 3. The van der Waals surface area contributed by atoms with Crippen LogP contribution in [0.2, 0.25) is 0 Å². The minimum atomic E-state index is -0.698. The van der Waals surface area contributed by atoms with Crippen molar-refractivity contribution in [3.05, 3.63) is 60.0 Å². The quantitative estimate of drug-likeness (QED) is 0.153. The smallest absolute Gasteiger partial charge is 0.238 e. The van der Waals surface area contributed by atoms with E-state index < -0.39 is 5.41 Å². The van der Waals surface area contributed by atoms with E-state index in [-0.39, 0.29) is 64.8 Å². The van der Waals surface area contributed by atoms with Crippen molar-refractivity contribution in [1.82, 2.24) is 39.5 Å². The molecule has 390 valence electrons. The standard InChI is InChI=1S/C58H73N11O5/c1-36(2)68-35-60-47-30-46(62-52(51(47)68)61-41-9-10-41)38-7-12-45-48(27-38)69(43-28-42(29-43)64-21-4-3-5-22-64)56(74)58(45)19-25-66(26-20-58)55(73)40-31-57(17-6-18-57)34-67(33-40)54(72)37-15-23-65(24-16-37)49-13-8-39(32-59-49)44-11-14-50(70)63-53(44)71/h7-8,12-13,27,30,32,35-37,40-44H,3-6,9-11,14-26,28-29,31,33-34H2,1-2H3,(H,61,62)(H,63,70,71)/t40?,42-,43+,44?. The molecule has 13 rings (SSSR count). The minimum Gasteiger partial charge on any atom is -0.366 e. The highest BCUT2D eigenvalue weighted by atomic mass is 16.2. The summed E-state index contributed by atoms with van der Waals surface area (Å²) in [5.74, 6) is 0.986. The number of imide groups is 1. The third-order valence-corrected chi connectivity index (χ3v) is 19.3. The fraction of sp³-hybridized carbons (Fsp3) is 0.621. The normalized spacial score (nSPS) is 27.1. The molecule has 3 saturated carbocycles. The van der Waals surface area contributed by atoms with Gasteiger partial charge < -0.3 is 34.4 Å². The Labute approximate surface area is 434 Å². The summed E-state index contributed by atoms with van der Waals surface area (Å²) in [5.41, 5.74) is 6.00. The maximum Gasteiger partial charge on any atom is 0.238 e. The molecule has 5 saturated heterocycles. The van der Waals surface area contributed by atoms with Crippen molar-refractivity contribution in [2.24, 2.45) is 17.3 Å². The summed E-state index contributed by atoms with van der Waals surface area (Å²) >= 11 is 0. The molecule has 4 aromatic rings. The van der Waals surface area contributed by atoms with Crippen molar-refractivity contribution in [2.45, 2.75) is 159 Å². The van der Waals surface area contributed by atoms with Gasteiger partial charge >= 0.3 is 0 Å². The van der Waals surface area contributed by atoms with Gasteiger partial charge in [-0.2, -0.15) is 0 Å². The molecule has 3 aromatic heterocycles. The first-order valence-electron chi connectivity index (χ1n) is 28.4. The van der Waals surface area contributed by atoms with Gasteiger partial charge in [-0.1, -0.05) is 31.0 Å². The molecule has 2 unspecified atom stereocenters. The Kier molecular flexibility index (Phi) is 12.1. The number of amides is 5. The summed E-state index contributed by atoms with van der Waals surface area (Å²) in [6, 6.07) is 13.9. The van der Waals surface area contributed by atoms with E-state index >= 15 is 4.79 Å². The summed E-state index contributed by atoms with van der Waals surface area (Å²) in [6.07, 6.45) is 19.2. The van der Waals surface area contributed by atoms with Gasteiger partial charge in [0.25, 0.3) is 0 Å². The number of benzene rings is 1. The molecule has 74 heavy (non-hydrogen) atoms. The summed E-state index contributed by atoms with van der Waals surface area (Å²) in [7, 11) is 0. The molecule has 2 spiro atoms. The molecular weight excluding hydrogens is 931 g/mol. The van der Waals surface area contributed by atoms with E-state index in [9.17, 15) is 19.2 Å². The van der Waals surface area contributed by atoms with Gasteiger partial charge in [0.2, 0.25) is 29.5 Å². The van der Waals surface area contributed by atoms with Gasteiger partial charge in [0.15, 0.2) is 5.82 Å². The highest BCUT2D eigenvalue weighted by molar-refractivity contribution is 6.09. The Balaban J connectivity index is 0.705. The largest absolute Gasteiger partial charge is 0.366 e. The number of aromatic nitrogens is 4. The number of rotatable bonds is 10. The molecule has 1 aromatic carbocycles. The molecule has 16 nitrogen and oxygen atoms in total. The molecule has 0 radical (unpaired) electrons. The Hall–Kier alpha value is -5.90. The van der Waals surface area contributed by atoms with Crippen LogP contribution in [0.3, 0.4) is 0 Å². The Morgan fingerprint density at radius 3 is 2.24 bits per heavy atom. The van der Waals surface area contributed by atoms with Gasteiger partial charge in [-0.15, -0.1) is 0 Å². The number of imidazole rings is 1. The van der Waals surface area contributed by atoms with E-state index in [1.165, 1.54) is 19.3 Å². The van der Waals surface area contributed by atoms with E-state index in [4.69, 9.17) is 15.0 Å². The van der Waals surface area contributed by atoms with Crippen LogP contribution in [0.5, 0.6) is 0 Å². The number of nitrogens with zero attached hydrogens (tertiary/aromatic N) is 9. The number of anilines is 3. The lowest BCUT2D eigenvalue weighted by molar-refractivity contribution is -0.152. The number of carbonyl (C=O) groups is 5. The predicted molar refractivity (Wildman–Crippen MR) is 282 cm³/mol. The maximum absolute atomic E-state index is 15.4. The third kappa shape index (κ3) is 8.45. The molecule has 5 amide bonds. The zero-order valence-electron chi connectivity index (χ0n) is 43.4. The number of hydrogen-bond donors (Lipinski definition) is 2. The third-order valence-electron chi connectivity index (χ3n) is 19.3. The molecule has 8 fully saturated rings. The van der Waals surface area contributed by atoms with E-state index in [1.807, 2.05) is 23.4 Å². The maximum atomic E-state index is 15.4. The van der Waals surface area contributed by atoms with Crippen LogP contribution in [0.1, 0.15) is 146 Å². The molecule has 6 aliphatic heterocycles. The number of carbonyl (C=O) groups excluding carboxylic acids is 5. The Morgan fingerprint density at radius 1 is 0.784 bits per heavy atom. The highest BCUT2D eigenvalue weighted by Crippen LogP contribution is 2.54. The first-order chi connectivity index (χ1) is 35.9. The summed E-state index contributed by atoms with van der Waals surface area (Å²) in [6.45, 7) is 10.3. The zero-order valence-corrected chi connectivity index (χ0v) is 43.4. The van der Waals surface area contributed by atoms with Crippen LogP contribution in [-0.2, 0) is 29.4 Å². The van der Waals surface area contributed by atoms with Gasteiger partial charge in [0.1, 0.15) is 11.3 Å². The lowest BCUT2D eigenvalue weighted by Gasteiger charge is -2.52. The average molecular weight is 1000 g/mol. The molecule has 9 heterocycles. The lowest BCUT2D eigenvalue weighted by Crippen LogP contribution is -2.59. The van der Waals surface area contributed by atoms with E-state index in [0.717, 1.165) is 122 Å². The van der Waals surface area contributed by atoms with E-state index in [2.05, 4.69) is 72.9 Å². The van der Waals surface area contributed by atoms with Gasteiger partial charge in [0, 0.05) is 93.2 Å². The molecule has 9 aliphatic rings. The van der Waals surface area contributed by atoms with Crippen molar-refractivity contribution in [2.75, 3.05) is 67.5 Å². The first-order valence-corrected chi connectivity index (χ1v) is 28.4. The second-order valence-electron chi connectivity index (χ2n) is 24.3. The predicted octanol–water partition coefficient (Wildman–Crippen LogP) is 7.33. The molecule has 16 heteroatoms. The van der Waals surface area contributed by atoms with E-state index in [1.54, 1.807) is 6.20 Å². The number of nitrogens with one attached hydrogen (secondary N) is 2. The van der Waals surface area contributed by atoms with Crippen LogP contribution < -0.4 is 20.4 Å². The van der Waals surface area contributed by atoms with E-state index in [0.29, 0.717) is 83.3 Å². The Bertz CT molecular complexity index is 2860. The summed E-state index contributed by atoms with van der Waals surface area (Å²) in [5, 5.41) is 6.16. The SMILES string of the molecule is CC(C)n1cnc2cc(-c3ccc4c(c3)N([C@H]3C[C@@H](N5CCCCC5)C3)C(=O)C43CCN(C(=O)C4CN(C(=O)C5CCN(c6ccc(C7CCC(=O)NC7=O)cn6)CC5)CC5(CCC5)C4)CC3)nc(NC3CC3)c21. The van der Waals surface area contributed by atoms with Crippen LogP contribution in [0.15, 0.2) is 48.9 Å². The fourth-order valence-electron chi connectivity index (χ4n) is 14.6. The fourth-order valence-corrected chi connectivity index (χ4v) is 14.6. The average Bonchev–Trinajstić information content (AvgIpc) is 4.08. The Morgan fingerprint density at radius 2 is 1.55 bits per heavy atom. The van der Waals surface area contributed by atoms with Crippen LogP contribution in [0, 0.1) is 17.3 Å². The van der Waals surface area contributed by atoms with Crippen LogP contribution in [0.25, 0.3) is 22.3 Å². The van der Waals surface area contributed by atoms with Gasteiger partial charge in [-0.25, -0.2) is 15.0 Å². The van der Waals surface area contributed by atoms with Gasteiger partial charge in [0.05, 0.1) is 34.8 Å². The van der Waals surface area contributed by atoms with Crippen LogP contribution >= 0.6 is 0 Å². The van der Waals surface area contributed by atoms with Crippen molar-refractivity contribution >= 4 is 57.9 Å². The monoisotopic (exact) mass is 1000 g/mol. The summed E-state index contributed by atoms with van der Waals surface area (Å²) in [4.78, 5) is 94.9. The second-order valence-corrected chi connectivity index (χ2v) is 24.3. The second kappa shape index (κ2) is 18.7. The topological polar surface area (TPSA) is 169 Å². The lowest BCUT2D eigenvalue weighted by atomic mass is 9.61. The first kappa shape index (κ1) is 47.8. The molecule has 3 aliphatic carbocycles. The number of fused-ring (bicyclic) bond motifs is 3. The number of pyridine rings is 2. The van der Waals surface area contributed by atoms with Crippen molar-refractivity contribution < 1.29 is 24.0 Å². The van der Waals surface area contributed by atoms with Crippen LogP contribution in [0.4, 0.5) is 17.3 Å². The molecule has 0 bridgehead atoms. The van der Waals surface area contributed by atoms with Crippen molar-refractivity contribution in [3.8, 4) is 11.3 Å². The minimum absolute atomic E-state index is 0.00386. The molecule has 2 N–H and O–H groups in total. The molecular formula is C58H73N11O5. The van der Waals surface area contributed by atoms with Crippen LogP contribution in [-0.4, -0.2) is 134 Å². The summed E-state index contributed by atoms with van der Waals surface area (Å²) < 4.78 is 2.20. The van der Waals surface area contributed by atoms with Crippen molar-refractivity contribution in [1.29, 1.82) is 0 Å². The van der Waals surface area contributed by atoms with Gasteiger partial charge in [-0.3, -0.25) is 29.3 Å². The zero-order chi connectivity index (χ0) is 50.5. The number of hydrogen-bond acceptors (Lipinski definition) is 11.